The lowest BCUT2D eigenvalue weighted by atomic mass is 9.87. The van der Waals surface area contributed by atoms with Gasteiger partial charge in [-0.1, -0.05) is 36.4 Å². The Labute approximate surface area is 160 Å². The molecule has 140 valence electrons. The largest absolute Gasteiger partial charge is 0.336 e. The third kappa shape index (κ3) is 3.81. The van der Waals surface area contributed by atoms with E-state index in [9.17, 15) is 9.59 Å². The number of hydrogen-bond acceptors (Lipinski definition) is 3. The standard InChI is InChI=1S/C23H26N2O2/c1-17(26)19-7-4-8-21(15-19)23(27)25-13-11-24(12-14-25)22-10-9-18-5-2-3-6-20(18)16-22/h2-8,15,22H,9-14,16H2,1H3/t22-/m0/s1. The number of Topliss-reactive ketones (excluding diaryl/α,β-unsaturated/α-hetero) is 1. The van der Waals surface area contributed by atoms with E-state index in [1.807, 2.05) is 4.90 Å². The Morgan fingerprint density at radius 1 is 0.889 bits per heavy atom. The van der Waals surface area contributed by atoms with Crippen LogP contribution in [-0.2, 0) is 12.8 Å². The zero-order valence-electron chi connectivity index (χ0n) is 15.9. The smallest absolute Gasteiger partial charge is 0.253 e. The van der Waals surface area contributed by atoms with E-state index in [-0.39, 0.29) is 11.7 Å². The minimum atomic E-state index is -0.00736. The van der Waals surface area contributed by atoms with E-state index in [0.717, 1.165) is 39.0 Å². The molecule has 0 N–H and O–H groups in total. The van der Waals surface area contributed by atoms with E-state index in [4.69, 9.17) is 0 Å². The summed E-state index contributed by atoms with van der Waals surface area (Å²) in [5, 5.41) is 0. The molecule has 1 saturated heterocycles. The Hall–Kier alpha value is -2.46. The van der Waals surface area contributed by atoms with Gasteiger partial charge in [-0.3, -0.25) is 14.5 Å². The van der Waals surface area contributed by atoms with E-state index in [0.29, 0.717) is 17.2 Å². The van der Waals surface area contributed by atoms with Gasteiger partial charge in [-0.25, -0.2) is 0 Å². The zero-order valence-corrected chi connectivity index (χ0v) is 15.9. The first-order valence-corrected chi connectivity index (χ1v) is 9.83. The topological polar surface area (TPSA) is 40.6 Å². The highest BCUT2D eigenvalue weighted by atomic mass is 16.2. The molecule has 2 aliphatic rings. The number of benzene rings is 2. The highest BCUT2D eigenvalue weighted by molar-refractivity contribution is 5.99. The zero-order chi connectivity index (χ0) is 18.8. The molecule has 4 nitrogen and oxygen atoms in total. The molecule has 2 aromatic carbocycles. The average molecular weight is 362 g/mol. The lowest BCUT2D eigenvalue weighted by Crippen LogP contribution is -2.53. The maximum Gasteiger partial charge on any atom is 0.253 e. The third-order valence-corrected chi connectivity index (χ3v) is 5.95. The van der Waals surface area contributed by atoms with Crippen LogP contribution in [0.15, 0.2) is 48.5 Å². The number of piperazine rings is 1. The van der Waals surface area contributed by atoms with Crippen LogP contribution in [0.25, 0.3) is 0 Å². The van der Waals surface area contributed by atoms with Gasteiger partial charge in [0.1, 0.15) is 0 Å². The molecule has 27 heavy (non-hydrogen) atoms. The summed E-state index contributed by atoms with van der Waals surface area (Å²) >= 11 is 0. The van der Waals surface area contributed by atoms with E-state index in [1.54, 1.807) is 24.3 Å². The van der Waals surface area contributed by atoms with Crippen molar-refractivity contribution in [2.24, 2.45) is 0 Å². The molecule has 1 aliphatic carbocycles. The summed E-state index contributed by atoms with van der Waals surface area (Å²) < 4.78 is 0. The van der Waals surface area contributed by atoms with Crippen molar-refractivity contribution in [1.29, 1.82) is 0 Å². The minimum Gasteiger partial charge on any atom is -0.336 e. The molecule has 1 heterocycles. The quantitative estimate of drug-likeness (QED) is 0.788. The average Bonchev–Trinajstić information content (AvgIpc) is 2.73. The number of hydrogen-bond donors (Lipinski definition) is 0. The normalized spacial score (nSPS) is 20.2. The van der Waals surface area contributed by atoms with Gasteiger partial charge < -0.3 is 4.90 Å². The fourth-order valence-corrected chi connectivity index (χ4v) is 4.33. The lowest BCUT2D eigenvalue weighted by Gasteiger charge is -2.41. The Balaban J connectivity index is 1.37. The maximum atomic E-state index is 12.8. The SMILES string of the molecule is CC(=O)c1cccc(C(=O)N2CCN([C@H]3CCc4ccccc4C3)CC2)c1. The Morgan fingerprint density at radius 2 is 1.59 bits per heavy atom. The van der Waals surface area contributed by atoms with Crippen LogP contribution in [0.2, 0.25) is 0 Å². The number of carbonyl (C=O) groups excluding carboxylic acids is 2. The minimum absolute atomic E-state index is 0.00736. The van der Waals surface area contributed by atoms with E-state index < -0.39 is 0 Å². The van der Waals surface area contributed by atoms with Gasteiger partial charge in [0.2, 0.25) is 0 Å². The van der Waals surface area contributed by atoms with Gasteiger partial charge in [0.05, 0.1) is 0 Å². The predicted molar refractivity (Wildman–Crippen MR) is 106 cm³/mol. The van der Waals surface area contributed by atoms with Gasteiger partial charge in [-0.15, -0.1) is 0 Å². The molecule has 0 saturated carbocycles. The monoisotopic (exact) mass is 362 g/mol. The predicted octanol–water partition coefficient (Wildman–Crippen LogP) is 3.20. The van der Waals surface area contributed by atoms with Crippen molar-refractivity contribution in [1.82, 2.24) is 9.80 Å². The molecule has 2 aromatic rings. The molecule has 4 rings (SSSR count). The van der Waals surface area contributed by atoms with E-state index in [1.165, 1.54) is 24.5 Å². The summed E-state index contributed by atoms with van der Waals surface area (Å²) in [6.45, 7) is 4.88. The number of aryl methyl sites for hydroxylation is 1. The van der Waals surface area contributed by atoms with Gasteiger partial charge in [-0.2, -0.15) is 0 Å². The first kappa shape index (κ1) is 17.9. The Bertz CT molecular complexity index is 853. The number of nitrogens with zero attached hydrogens (tertiary/aromatic N) is 2. The summed E-state index contributed by atoms with van der Waals surface area (Å²) in [6, 6.07) is 16.4. The van der Waals surface area contributed by atoms with E-state index >= 15 is 0 Å². The van der Waals surface area contributed by atoms with Crippen molar-refractivity contribution in [2.45, 2.75) is 32.2 Å². The number of carbonyl (C=O) groups is 2. The molecule has 0 unspecified atom stereocenters. The van der Waals surface area contributed by atoms with Crippen molar-refractivity contribution < 1.29 is 9.59 Å². The summed E-state index contributed by atoms with van der Waals surface area (Å²) in [7, 11) is 0. The number of rotatable bonds is 3. The molecule has 0 aromatic heterocycles. The molecule has 0 bridgehead atoms. The molecular formula is C23H26N2O2. The molecule has 1 amide bonds. The van der Waals surface area contributed by atoms with Crippen LogP contribution in [-0.4, -0.2) is 53.7 Å². The second-order valence-corrected chi connectivity index (χ2v) is 7.63. The second kappa shape index (κ2) is 7.65. The molecular weight excluding hydrogens is 336 g/mol. The summed E-state index contributed by atoms with van der Waals surface area (Å²) in [6.07, 6.45) is 3.47. The van der Waals surface area contributed by atoms with Gasteiger partial charge in [0.15, 0.2) is 5.78 Å². The fraction of sp³-hybridized carbons (Fsp3) is 0.391. The molecule has 1 fully saturated rings. The highest BCUT2D eigenvalue weighted by Crippen LogP contribution is 2.25. The van der Waals surface area contributed by atoms with Gasteiger partial charge in [-0.05, 0) is 49.4 Å². The lowest BCUT2D eigenvalue weighted by molar-refractivity contribution is 0.0553. The van der Waals surface area contributed by atoms with Crippen molar-refractivity contribution in [3.8, 4) is 0 Å². The van der Waals surface area contributed by atoms with Crippen LogP contribution < -0.4 is 0 Å². The van der Waals surface area contributed by atoms with Crippen LogP contribution in [0.1, 0.15) is 45.2 Å². The fourth-order valence-electron chi connectivity index (χ4n) is 4.33. The first-order chi connectivity index (χ1) is 13.1. The summed E-state index contributed by atoms with van der Waals surface area (Å²) in [4.78, 5) is 28.9. The van der Waals surface area contributed by atoms with Crippen molar-refractivity contribution in [3.63, 3.8) is 0 Å². The van der Waals surface area contributed by atoms with Gasteiger partial charge in [0, 0.05) is 43.3 Å². The van der Waals surface area contributed by atoms with E-state index in [2.05, 4.69) is 29.2 Å². The second-order valence-electron chi connectivity index (χ2n) is 7.63. The number of ketones is 1. The van der Waals surface area contributed by atoms with Crippen LogP contribution in [0.4, 0.5) is 0 Å². The molecule has 1 atom stereocenters. The third-order valence-electron chi connectivity index (χ3n) is 5.95. The van der Waals surface area contributed by atoms with Crippen molar-refractivity contribution in [2.75, 3.05) is 26.2 Å². The van der Waals surface area contributed by atoms with Crippen molar-refractivity contribution >= 4 is 11.7 Å². The highest BCUT2D eigenvalue weighted by Gasteiger charge is 2.29. The summed E-state index contributed by atoms with van der Waals surface area (Å²) in [5.41, 5.74) is 4.18. The molecule has 0 spiro atoms. The molecule has 4 heteroatoms. The Morgan fingerprint density at radius 3 is 2.33 bits per heavy atom. The first-order valence-electron chi connectivity index (χ1n) is 9.83. The van der Waals surface area contributed by atoms with Crippen LogP contribution >= 0.6 is 0 Å². The van der Waals surface area contributed by atoms with Crippen LogP contribution in [0.3, 0.4) is 0 Å². The van der Waals surface area contributed by atoms with Crippen LogP contribution in [0.5, 0.6) is 0 Å². The van der Waals surface area contributed by atoms with Gasteiger partial charge in [0.25, 0.3) is 5.91 Å². The molecule has 1 aliphatic heterocycles. The number of amides is 1. The van der Waals surface area contributed by atoms with Crippen LogP contribution in [0, 0.1) is 0 Å². The summed E-state index contributed by atoms with van der Waals surface area (Å²) in [5.74, 6) is 0.0267. The molecule has 0 radical (unpaired) electrons. The Kier molecular flexibility index (Phi) is 5.08. The van der Waals surface area contributed by atoms with Gasteiger partial charge >= 0.3 is 0 Å². The number of fused-ring (bicyclic) bond motifs is 1. The maximum absolute atomic E-state index is 12.8. The van der Waals surface area contributed by atoms with Crippen molar-refractivity contribution in [3.05, 3.63) is 70.8 Å².